The Hall–Kier alpha value is -1.92. The number of hydrogen-bond acceptors (Lipinski definition) is 4. The Morgan fingerprint density at radius 3 is 2.73 bits per heavy atom. The first-order valence-electron chi connectivity index (χ1n) is 8.00. The fourth-order valence-corrected chi connectivity index (χ4v) is 3.32. The molecule has 0 saturated carbocycles. The Morgan fingerprint density at radius 2 is 2.09 bits per heavy atom. The Bertz CT molecular complexity index is 595. The van der Waals surface area contributed by atoms with E-state index in [-0.39, 0.29) is 23.8 Å². The van der Waals surface area contributed by atoms with Crippen molar-refractivity contribution in [3.8, 4) is 0 Å². The molecule has 2 aliphatic rings. The van der Waals surface area contributed by atoms with Crippen LogP contribution in [0, 0.1) is 5.92 Å². The highest BCUT2D eigenvalue weighted by Crippen LogP contribution is 2.24. The maximum absolute atomic E-state index is 12.7. The van der Waals surface area contributed by atoms with Crippen molar-refractivity contribution in [1.29, 1.82) is 0 Å². The second kappa shape index (κ2) is 5.70. The van der Waals surface area contributed by atoms with Gasteiger partial charge < -0.3 is 14.4 Å². The molecular formula is C15H23N5O2. The molecule has 3 rings (SSSR count). The third-order valence-corrected chi connectivity index (χ3v) is 4.59. The van der Waals surface area contributed by atoms with Crippen LogP contribution in [-0.4, -0.2) is 55.5 Å². The first-order chi connectivity index (χ1) is 10.5. The average molecular weight is 305 g/mol. The molecule has 7 heteroatoms. The number of aromatic nitrogens is 3. The van der Waals surface area contributed by atoms with Crippen LogP contribution in [0.4, 0.5) is 0 Å². The smallest absolute Gasteiger partial charge is 0.228 e. The molecule has 120 valence electrons. The maximum Gasteiger partial charge on any atom is 0.228 e. The lowest BCUT2D eigenvalue weighted by Gasteiger charge is -2.30. The fraction of sp³-hybridized carbons (Fsp3) is 0.733. The molecule has 1 fully saturated rings. The van der Waals surface area contributed by atoms with Gasteiger partial charge in [0.15, 0.2) is 5.82 Å². The normalized spacial score (nSPS) is 21.6. The topological polar surface area (TPSA) is 71.3 Å². The van der Waals surface area contributed by atoms with E-state index in [1.54, 1.807) is 4.90 Å². The van der Waals surface area contributed by atoms with Crippen LogP contribution in [-0.2, 0) is 29.1 Å². The number of amides is 2. The van der Waals surface area contributed by atoms with E-state index in [9.17, 15) is 9.59 Å². The molecule has 2 aliphatic heterocycles. The fourth-order valence-electron chi connectivity index (χ4n) is 3.32. The Morgan fingerprint density at radius 1 is 1.32 bits per heavy atom. The number of rotatable bonds is 3. The Balaban J connectivity index is 1.68. The summed E-state index contributed by atoms with van der Waals surface area (Å²) in [7, 11) is 0. The molecule has 2 amide bonds. The number of aryl methyl sites for hydroxylation is 1. The number of fused-ring (bicyclic) bond motifs is 1. The van der Waals surface area contributed by atoms with Crippen LogP contribution >= 0.6 is 0 Å². The molecule has 0 spiro atoms. The van der Waals surface area contributed by atoms with Crippen LogP contribution in [0.5, 0.6) is 0 Å². The van der Waals surface area contributed by atoms with Crippen molar-refractivity contribution < 1.29 is 9.59 Å². The summed E-state index contributed by atoms with van der Waals surface area (Å²) >= 11 is 0. The highest BCUT2D eigenvalue weighted by molar-refractivity contribution is 5.89. The molecule has 0 unspecified atom stereocenters. The van der Waals surface area contributed by atoms with Crippen LogP contribution in [0.1, 0.15) is 38.8 Å². The molecule has 0 aliphatic carbocycles. The third-order valence-electron chi connectivity index (χ3n) is 4.59. The first kappa shape index (κ1) is 15.0. The second-order valence-corrected chi connectivity index (χ2v) is 6.34. The van der Waals surface area contributed by atoms with Gasteiger partial charge in [-0.25, -0.2) is 0 Å². The quantitative estimate of drug-likeness (QED) is 0.812. The molecule has 0 bridgehead atoms. The van der Waals surface area contributed by atoms with E-state index in [4.69, 9.17) is 0 Å². The molecule has 1 atom stereocenters. The van der Waals surface area contributed by atoms with Gasteiger partial charge in [0.1, 0.15) is 5.82 Å². The number of nitrogens with zero attached hydrogens (tertiary/aromatic N) is 5. The van der Waals surface area contributed by atoms with E-state index in [1.165, 1.54) is 0 Å². The predicted molar refractivity (Wildman–Crippen MR) is 79.8 cm³/mol. The average Bonchev–Trinajstić information content (AvgIpc) is 3.08. The van der Waals surface area contributed by atoms with Crippen molar-refractivity contribution in [3.63, 3.8) is 0 Å². The van der Waals surface area contributed by atoms with Gasteiger partial charge in [-0.05, 0) is 13.8 Å². The zero-order valence-electron chi connectivity index (χ0n) is 13.4. The molecule has 1 aromatic rings. The number of hydrogen-bond donors (Lipinski definition) is 0. The summed E-state index contributed by atoms with van der Waals surface area (Å²) in [6.45, 7) is 8.48. The summed E-state index contributed by atoms with van der Waals surface area (Å²) < 4.78 is 2.10. The minimum absolute atomic E-state index is 0.0730. The van der Waals surface area contributed by atoms with E-state index < -0.39 is 0 Å². The lowest BCUT2D eigenvalue weighted by Crippen LogP contribution is -2.43. The summed E-state index contributed by atoms with van der Waals surface area (Å²) in [5, 5.41) is 8.35. The zero-order chi connectivity index (χ0) is 15.9. The van der Waals surface area contributed by atoms with Gasteiger partial charge in [-0.1, -0.05) is 6.92 Å². The van der Waals surface area contributed by atoms with E-state index in [0.29, 0.717) is 26.1 Å². The Kier molecular flexibility index (Phi) is 3.88. The number of carbonyl (C=O) groups excluding carboxylic acids is 2. The van der Waals surface area contributed by atoms with Crippen LogP contribution in [0.2, 0.25) is 0 Å². The van der Waals surface area contributed by atoms with Crippen LogP contribution < -0.4 is 0 Å². The van der Waals surface area contributed by atoms with Gasteiger partial charge in [0.05, 0.1) is 12.5 Å². The highest BCUT2D eigenvalue weighted by Gasteiger charge is 2.38. The van der Waals surface area contributed by atoms with Gasteiger partial charge in [0.2, 0.25) is 11.8 Å². The minimum Gasteiger partial charge on any atom is -0.339 e. The molecule has 7 nitrogen and oxygen atoms in total. The van der Waals surface area contributed by atoms with Crippen molar-refractivity contribution in [2.75, 3.05) is 13.1 Å². The monoisotopic (exact) mass is 305 g/mol. The van der Waals surface area contributed by atoms with Crippen LogP contribution in [0.15, 0.2) is 0 Å². The second-order valence-electron chi connectivity index (χ2n) is 6.34. The molecular weight excluding hydrogens is 282 g/mol. The summed E-state index contributed by atoms with van der Waals surface area (Å²) in [5.74, 6) is 1.77. The summed E-state index contributed by atoms with van der Waals surface area (Å²) in [6, 6.07) is 0.155. The van der Waals surface area contributed by atoms with Crippen molar-refractivity contribution in [1.82, 2.24) is 24.6 Å². The molecule has 0 aromatic carbocycles. The van der Waals surface area contributed by atoms with Crippen LogP contribution in [0.25, 0.3) is 0 Å². The van der Waals surface area contributed by atoms with Crippen molar-refractivity contribution in [3.05, 3.63) is 11.6 Å². The third kappa shape index (κ3) is 2.48. The maximum atomic E-state index is 12.7. The van der Waals surface area contributed by atoms with Crippen molar-refractivity contribution in [2.45, 2.75) is 52.7 Å². The molecule has 0 N–H and O–H groups in total. The molecule has 0 radical (unpaired) electrons. The van der Waals surface area contributed by atoms with Gasteiger partial charge in [-0.3, -0.25) is 9.59 Å². The van der Waals surface area contributed by atoms with Crippen molar-refractivity contribution in [2.24, 2.45) is 5.92 Å². The van der Waals surface area contributed by atoms with E-state index in [1.807, 2.05) is 18.7 Å². The van der Waals surface area contributed by atoms with Gasteiger partial charge in [-0.2, -0.15) is 0 Å². The molecule has 1 saturated heterocycles. The van der Waals surface area contributed by atoms with Gasteiger partial charge in [-0.15, -0.1) is 10.2 Å². The summed E-state index contributed by atoms with van der Waals surface area (Å²) in [5.41, 5.74) is 0. The highest BCUT2D eigenvalue weighted by atomic mass is 16.2. The van der Waals surface area contributed by atoms with Gasteiger partial charge in [0, 0.05) is 38.5 Å². The number of carbonyl (C=O) groups is 2. The zero-order valence-corrected chi connectivity index (χ0v) is 13.4. The first-order valence-corrected chi connectivity index (χ1v) is 8.00. The van der Waals surface area contributed by atoms with Crippen molar-refractivity contribution >= 4 is 11.8 Å². The lowest BCUT2D eigenvalue weighted by atomic mass is 10.1. The molecule has 1 aromatic heterocycles. The summed E-state index contributed by atoms with van der Waals surface area (Å²) in [6.07, 6.45) is 1.18. The van der Waals surface area contributed by atoms with E-state index in [2.05, 4.69) is 21.7 Å². The predicted octanol–water partition coefficient (Wildman–Crippen LogP) is 0.440. The molecule has 22 heavy (non-hydrogen) atoms. The number of likely N-dealkylation sites (tertiary alicyclic amines) is 1. The summed E-state index contributed by atoms with van der Waals surface area (Å²) in [4.78, 5) is 28.3. The SMILES string of the molecule is CCc1nnc2n1CCN(C(=O)[C@@H]1CC(=O)N(C(C)C)C1)C2. The van der Waals surface area contributed by atoms with Gasteiger partial charge >= 0.3 is 0 Å². The van der Waals surface area contributed by atoms with Gasteiger partial charge in [0.25, 0.3) is 0 Å². The minimum atomic E-state index is -0.213. The molecule has 3 heterocycles. The largest absolute Gasteiger partial charge is 0.339 e. The Labute approximate surface area is 130 Å². The lowest BCUT2D eigenvalue weighted by molar-refractivity contribution is -0.137. The standard InChI is InChI=1S/C15H23N5O2/c1-4-12-16-17-13-9-18(5-6-19(12)13)15(22)11-7-14(21)20(8-11)10(2)3/h10-11H,4-9H2,1-3H3/t11-/m1/s1. The van der Waals surface area contributed by atoms with E-state index in [0.717, 1.165) is 24.6 Å². The van der Waals surface area contributed by atoms with E-state index >= 15 is 0 Å². The van der Waals surface area contributed by atoms with Crippen LogP contribution in [0.3, 0.4) is 0 Å².